The molecule has 88 valence electrons. The molecule has 1 aromatic carbocycles. The minimum absolute atomic E-state index is 0.0435. The Balaban J connectivity index is 3.24. The molecule has 0 aliphatic rings. The van der Waals surface area contributed by atoms with E-state index in [-0.39, 0.29) is 30.1 Å². The lowest BCUT2D eigenvalue weighted by Gasteiger charge is -2.12. The van der Waals surface area contributed by atoms with E-state index in [0.717, 1.165) is 0 Å². The van der Waals surface area contributed by atoms with E-state index in [1.165, 1.54) is 26.4 Å². The number of benzene rings is 1. The Morgan fingerprint density at radius 2 is 2.06 bits per heavy atom. The van der Waals surface area contributed by atoms with Crippen LogP contribution in [0.1, 0.15) is 16.8 Å². The molecule has 0 aliphatic heterocycles. The maximum atomic E-state index is 11.7. The highest BCUT2D eigenvalue weighted by Gasteiger charge is 2.17. The van der Waals surface area contributed by atoms with Crippen LogP contribution in [-0.2, 0) is 0 Å². The van der Waals surface area contributed by atoms with Crippen molar-refractivity contribution in [2.45, 2.75) is 6.42 Å². The van der Waals surface area contributed by atoms with Gasteiger partial charge in [0, 0.05) is 12.5 Å². The van der Waals surface area contributed by atoms with Crippen LogP contribution in [0.25, 0.3) is 0 Å². The fourth-order valence-corrected chi connectivity index (χ4v) is 1.42. The predicted molar refractivity (Wildman–Crippen MR) is 59.2 cm³/mol. The molecular weight excluding hydrogens is 210 g/mol. The fourth-order valence-electron chi connectivity index (χ4n) is 1.42. The van der Waals surface area contributed by atoms with E-state index in [1.807, 2.05) is 0 Å². The Morgan fingerprint density at radius 1 is 1.38 bits per heavy atom. The van der Waals surface area contributed by atoms with Crippen LogP contribution in [0.3, 0.4) is 0 Å². The number of hydrogen-bond acceptors (Lipinski definition) is 5. The summed E-state index contributed by atoms with van der Waals surface area (Å²) in [4.78, 5) is 11.7. The van der Waals surface area contributed by atoms with Crippen LogP contribution in [0.15, 0.2) is 12.1 Å². The molecule has 5 heteroatoms. The second-order valence-electron chi connectivity index (χ2n) is 3.19. The topological polar surface area (TPSA) is 81.8 Å². The molecule has 0 amide bonds. The summed E-state index contributed by atoms with van der Waals surface area (Å²) in [7, 11) is 2.88. The summed E-state index contributed by atoms with van der Waals surface area (Å²) in [6.07, 6.45) is 0.197. The number of ketones is 1. The van der Waals surface area contributed by atoms with E-state index in [0.29, 0.717) is 11.5 Å². The van der Waals surface area contributed by atoms with Crippen molar-refractivity contribution in [3.05, 3.63) is 17.7 Å². The van der Waals surface area contributed by atoms with Gasteiger partial charge in [0.1, 0.15) is 5.75 Å². The molecular formula is C11H15NO4. The highest BCUT2D eigenvalue weighted by molar-refractivity contribution is 6.00. The Kier molecular flexibility index (Phi) is 4.13. The first-order valence-electron chi connectivity index (χ1n) is 4.82. The third kappa shape index (κ3) is 2.43. The van der Waals surface area contributed by atoms with E-state index >= 15 is 0 Å². The highest BCUT2D eigenvalue weighted by Crippen LogP contribution is 2.35. The number of aromatic hydroxyl groups is 1. The van der Waals surface area contributed by atoms with Crippen LogP contribution < -0.4 is 15.2 Å². The number of phenolic OH excluding ortho intramolecular Hbond substituents is 1. The number of ether oxygens (including phenoxy) is 2. The van der Waals surface area contributed by atoms with Crippen molar-refractivity contribution < 1.29 is 19.4 Å². The number of carbonyl (C=O) groups excluding carboxylic acids is 1. The smallest absolute Gasteiger partial charge is 0.171 e. The molecule has 5 nitrogen and oxygen atoms in total. The second-order valence-corrected chi connectivity index (χ2v) is 3.19. The molecule has 3 N–H and O–H groups in total. The number of Topliss-reactive ketones (excluding diaryl/α,β-unsaturated/α-hetero) is 1. The van der Waals surface area contributed by atoms with Crippen molar-refractivity contribution in [1.29, 1.82) is 0 Å². The van der Waals surface area contributed by atoms with E-state index < -0.39 is 0 Å². The lowest BCUT2D eigenvalue weighted by molar-refractivity contribution is 0.0981. The maximum Gasteiger partial charge on any atom is 0.171 e. The molecule has 1 aromatic rings. The van der Waals surface area contributed by atoms with Crippen molar-refractivity contribution >= 4 is 5.78 Å². The third-order valence-corrected chi connectivity index (χ3v) is 2.14. The largest absolute Gasteiger partial charge is 0.508 e. The molecule has 0 aromatic heterocycles. The zero-order valence-corrected chi connectivity index (χ0v) is 9.32. The van der Waals surface area contributed by atoms with Crippen LogP contribution in [-0.4, -0.2) is 31.7 Å². The van der Waals surface area contributed by atoms with Gasteiger partial charge < -0.3 is 20.3 Å². The summed E-state index contributed by atoms with van der Waals surface area (Å²) in [6, 6.07) is 2.73. The van der Waals surface area contributed by atoms with Gasteiger partial charge in [-0.05, 0) is 12.6 Å². The first-order valence-corrected chi connectivity index (χ1v) is 4.82. The number of nitrogens with two attached hydrogens (primary N) is 1. The van der Waals surface area contributed by atoms with Gasteiger partial charge >= 0.3 is 0 Å². The molecule has 0 unspecified atom stereocenters. The molecule has 0 fully saturated rings. The van der Waals surface area contributed by atoms with Crippen LogP contribution in [0.4, 0.5) is 0 Å². The molecule has 0 saturated carbocycles. The third-order valence-electron chi connectivity index (χ3n) is 2.14. The number of methoxy groups -OCH3 is 2. The number of phenols is 1. The molecule has 1 rings (SSSR count). The van der Waals surface area contributed by atoms with Gasteiger partial charge in [-0.15, -0.1) is 0 Å². The van der Waals surface area contributed by atoms with Gasteiger partial charge in [-0.25, -0.2) is 0 Å². The summed E-state index contributed by atoms with van der Waals surface area (Å²) in [6.45, 7) is 0.250. The van der Waals surface area contributed by atoms with Gasteiger partial charge in [0.2, 0.25) is 0 Å². The normalized spacial score (nSPS) is 9.94. The summed E-state index contributed by atoms with van der Waals surface area (Å²) in [5, 5.41) is 9.44. The summed E-state index contributed by atoms with van der Waals surface area (Å²) in [5.41, 5.74) is 5.59. The zero-order valence-electron chi connectivity index (χ0n) is 9.32. The van der Waals surface area contributed by atoms with Crippen LogP contribution in [0.5, 0.6) is 17.2 Å². The van der Waals surface area contributed by atoms with Gasteiger partial charge in [-0.3, -0.25) is 4.79 Å². The first-order chi connectivity index (χ1) is 7.63. The second kappa shape index (κ2) is 5.37. The molecule has 16 heavy (non-hydrogen) atoms. The lowest BCUT2D eigenvalue weighted by Crippen LogP contribution is -2.09. The van der Waals surface area contributed by atoms with Crippen LogP contribution in [0.2, 0.25) is 0 Å². The minimum Gasteiger partial charge on any atom is -0.508 e. The van der Waals surface area contributed by atoms with Gasteiger partial charge in [-0.2, -0.15) is 0 Å². The van der Waals surface area contributed by atoms with E-state index in [2.05, 4.69) is 0 Å². The predicted octanol–water partition coefficient (Wildman–Crippen LogP) is 0.941. The molecule has 0 saturated heterocycles. The summed E-state index contributed by atoms with van der Waals surface area (Å²) >= 11 is 0. The quantitative estimate of drug-likeness (QED) is 0.729. The molecule has 0 bridgehead atoms. The van der Waals surface area contributed by atoms with Gasteiger partial charge in [0.25, 0.3) is 0 Å². The number of hydrogen-bond donors (Lipinski definition) is 2. The van der Waals surface area contributed by atoms with Gasteiger partial charge in [0.15, 0.2) is 17.3 Å². The Hall–Kier alpha value is -1.75. The average Bonchev–Trinajstić information content (AvgIpc) is 2.28. The Bertz CT molecular complexity index is 390. The minimum atomic E-state index is -0.187. The lowest BCUT2D eigenvalue weighted by atomic mass is 10.1. The number of carbonyl (C=O) groups is 1. The van der Waals surface area contributed by atoms with Crippen molar-refractivity contribution in [2.75, 3.05) is 20.8 Å². The summed E-state index contributed by atoms with van der Waals surface area (Å²) < 4.78 is 10.1. The average molecular weight is 225 g/mol. The van der Waals surface area contributed by atoms with Gasteiger partial charge in [0.05, 0.1) is 19.8 Å². The monoisotopic (exact) mass is 225 g/mol. The van der Waals surface area contributed by atoms with Crippen molar-refractivity contribution in [1.82, 2.24) is 0 Å². The molecule has 0 spiro atoms. The molecule has 0 atom stereocenters. The summed E-state index contributed by atoms with van der Waals surface area (Å²) in [5.74, 6) is 0.410. The van der Waals surface area contributed by atoms with Crippen molar-refractivity contribution in [2.24, 2.45) is 5.73 Å². The Labute approximate surface area is 93.8 Å². The van der Waals surface area contributed by atoms with Crippen molar-refractivity contribution in [3.63, 3.8) is 0 Å². The van der Waals surface area contributed by atoms with E-state index in [1.54, 1.807) is 0 Å². The van der Waals surface area contributed by atoms with E-state index in [9.17, 15) is 9.90 Å². The van der Waals surface area contributed by atoms with Gasteiger partial charge in [-0.1, -0.05) is 0 Å². The molecule has 0 radical (unpaired) electrons. The zero-order chi connectivity index (χ0) is 12.1. The Morgan fingerprint density at radius 3 is 2.56 bits per heavy atom. The maximum absolute atomic E-state index is 11.7. The highest BCUT2D eigenvalue weighted by atomic mass is 16.5. The number of rotatable bonds is 5. The van der Waals surface area contributed by atoms with Crippen molar-refractivity contribution in [3.8, 4) is 17.2 Å². The fraction of sp³-hybridized carbons (Fsp3) is 0.364. The standard InChI is InChI=1S/C11H15NO4/c1-15-10-6-7(13)5-8(11(10)16-2)9(14)3-4-12/h5-6,13H,3-4,12H2,1-2H3. The molecule has 0 heterocycles. The molecule has 0 aliphatic carbocycles. The van der Waals surface area contributed by atoms with Crippen LogP contribution >= 0.6 is 0 Å². The van der Waals surface area contributed by atoms with E-state index in [4.69, 9.17) is 15.2 Å². The first kappa shape index (κ1) is 12.3. The SMILES string of the molecule is COc1cc(O)cc(C(=O)CCN)c1OC. The van der Waals surface area contributed by atoms with Crippen LogP contribution in [0, 0.1) is 0 Å².